The summed E-state index contributed by atoms with van der Waals surface area (Å²) in [6.45, 7) is 0.312. The first kappa shape index (κ1) is 22.6. The summed E-state index contributed by atoms with van der Waals surface area (Å²) < 4.78 is 33.2. The average molecular weight is 486 g/mol. The number of hydrogen-bond donors (Lipinski definition) is 2. The molecular weight excluding hydrogens is 466 g/mol. The van der Waals surface area contributed by atoms with Crippen molar-refractivity contribution >= 4 is 39.1 Å². The van der Waals surface area contributed by atoms with E-state index in [2.05, 4.69) is 10.9 Å². The van der Waals surface area contributed by atoms with Crippen LogP contribution in [-0.2, 0) is 16.4 Å². The van der Waals surface area contributed by atoms with E-state index in [4.69, 9.17) is 16.3 Å². The molecule has 1 aliphatic rings. The fourth-order valence-corrected chi connectivity index (χ4v) is 5.22. The summed E-state index contributed by atoms with van der Waals surface area (Å²) in [5.41, 5.74) is 6.40. The van der Waals surface area contributed by atoms with E-state index >= 15 is 0 Å². The molecule has 10 heteroatoms. The molecule has 0 aliphatic carbocycles. The number of halogens is 1. The van der Waals surface area contributed by atoms with Crippen LogP contribution in [0.25, 0.3) is 0 Å². The predicted octanol–water partition coefficient (Wildman–Crippen LogP) is 3.17. The topological polar surface area (TPSA) is 105 Å². The van der Waals surface area contributed by atoms with Crippen LogP contribution < -0.4 is 19.9 Å². The zero-order valence-corrected chi connectivity index (χ0v) is 19.1. The normalized spacial score (nSPS) is 12.7. The summed E-state index contributed by atoms with van der Waals surface area (Å²) in [7, 11) is -2.55. The van der Waals surface area contributed by atoms with Crippen LogP contribution in [-0.4, -0.2) is 33.9 Å². The lowest BCUT2D eigenvalue weighted by molar-refractivity contribution is 0.0844. The van der Waals surface area contributed by atoms with Gasteiger partial charge >= 0.3 is 0 Å². The first-order chi connectivity index (χ1) is 15.8. The molecule has 0 atom stereocenters. The van der Waals surface area contributed by atoms with Crippen LogP contribution in [0.1, 0.15) is 26.3 Å². The van der Waals surface area contributed by atoms with Gasteiger partial charge in [0, 0.05) is 17.1 Å². The Morgan fingerprint density at radius 1 is 0.970 bits per heavy atom. The number of methoxy groups -OCH3 is 1. The number of amides is 2. The third kappa shape index (κ3) is 4.50. The van der Waals surface area contributed by atoms with Gasteiger partial charge in [0.1, 0.15) is 5.75 Å². The summed E-state index contributed by atoms with van der Waals surface area (Å²) in [4.78, 5) is 25.0. The van der Waals surface area contributed by atoms with Crippen molar-refractivity contribution in [2.24, 2.45) is 0 Å². The van der Waals surface area contributed by atoms with Crippen LogP contribution in [0, 0.1) is 0 Å². The highest BCUT2D eigenvalue weighted by Crippen LogP contribution is 2.33. The van der Waals surface area contributed by atoms with Gasteiger partial charge in [-0.25, -0.2) is 8.42 Å². The zero-order valence-electron chi connectivity index (χ0n) is 17.5. The molecular formula is C23H20ClN3O5S. The minimum absolute atomic E-state index is 0.0394. The van der Waals surface area contributed by atoms with E-state index in [-0.39, 0.29) is 21.8 Å². The Labute approximate surface area is 196 Å². The van der Waals surface area contributed by atoms with Crippen molar-refractivity contribution in [3.05, 3.63) is 88.4 Å². The molecule has 0 saturated carbocycles. The van der Waals surface area contributed by atoms with Gasteiger partial charge in [-0.15, -0.1) is 0 Å². The quantitative estimate of drug-likeness (QED) is 0.540. The Hall–Kier alpha value is -3.56. The van der Waals surface area contributed by atoms with Crippen LogP contribution in [0.15, 0.2) is 71.6 Å². The maximum absolute atomic E-state index is 13.3. The molecule has 2 N–H and O–H groups in total. The van der Waals surface area contributed by atoms with Crippen LogP contribution in [0.2, 0.25) is 5.02 Å². The summed E-state index contributed by atoms with van der Waals surface area (Å²) in [6.07, 6.45) is 0.607. The molecule has 8 nitrogen and oxygen atoms in total. The highest BCUT2D eigenvalue weighted by atomic mass is 35.5. The number of nitrogens with zero attached hydrogens (tertiary/aromatic N) is 1. The molecule has 0 bridgehead atoms. The predicted molar refractivity (Wildman–Crippen MR) is 124 cm³/mol. The maximum atomic E-state index is 13.3. The number of sulfonamides is 1. The number of anilines is 1. The molecule has 0 unspecified atom stereocenters. The lowest BCUT2D eigenvalue weighted by atomic mass is 10.2. The highest BCUT2D eigenvalue weighted by molar-refractivity contribution is 7.92. The van der Waals surface area contributed by atoms with E-state index in [9.17, 15) is 18.0 Å². The summed E-state index contributed by atoms with van der Waals surface area (Å²) >= 11 is 5.82. The fourth-order valence-electron chi connectivity index (χ4n) is 3.56. The zero-order chi connectivity index (χ0) is 23.6. The van der Waals surface area contributed by atoms with E-state index < -0.39 is 21.8 Å². The van der Waals surface area contributed by atoms with Crippen molar-refractivity contribution in [1.29, 1.82) is 0 Å². The number of hydrazine groups is 1. The van der Waals surface area contributed by atoms with Crippen LogP contribution in [0.5, 0.6) is 5.75 Å². The van der Waals surface area contributed by atoms with Crippen LogP contribution in [0.3, 0.4) is 0 Å². The van der Waals surface area contributed by atoms with Gasteiger partial charge in [0.05, 0.1) is 23.3 Å². The van der Waals surface area contributed by atoms with Gasteiger partial charge in [-0.05, 0) is 60.5 Å². The van der Waals surface area contributed by atoms with Gasteiger partial charge in [0.25, 0.3) is 21.8 Å². The van der Waals surface area contributed by atoms with Crippen molar-refractivity contribution in [3.8, 4) is 5.75 Å². The number of nitrogens with one attached hydrogen (secondary N) is 2. The van der Waals surface area contributed by atoms with Crippen molar-refractivity contribution in [2.45, 2.75) is 11.3 Å². The molecule has 0 radical (unpaired) electrons. The molecule has 4 rings (SSSR count). The van der Waals surface area contributed by atoms with Crippen molar-refractivity contribution in [1.82, 2.24) is 10.9 Å². The largest absolute Gasteiger partial charge is 0.496 e. The van der Waals surface area contributed by atoms with E-state index in [1.165, 1.54) is 41.7 Å². The molecule has 0 spiro atoms. The number of carbonyl (C=O) groups is 2. The third-order valence-electron chi connectivity index (χ3n) is 5.24. The van der Waals surface area contributed by atoms with E-state index in [1.54, 1.807) is 24.3 Å². The second kappa shape index (κ2) is 9.13. The minimum Gasteiger partial charge on any atom is -0.496 e. The Morgan fingerprint density at radius 2 is 1.67 bits per heavy atom. The van der Waals surface area contributed by atoms with Gasteiger partial charge in [-0.2, -0.15) is 0 Å². The molecule has 1 heterocycles. The number of carbonyl (C=O) groups excluding carboxylic acids is 2. The van der Waals surface area contributed by atoms with E-state index in [1.807, 2.05) is 12.1 Å². The highest BCUT2D eigenvalue weighted by Gasteiger charge is 2.31. The smallest absolute Gasteiger partial charge is 0.273 e. The first-order valence-corrected chi connectivity index (χ1v) is 11.8. The second-order valence-electron chi connectivity index (χ2n) is 7.23. The molecule has 3 aromatic carbocycles. The molecule has 0 saturated heterocycles. The van der Waals surface area contributed by atoms with Gasteiger partial charge in [-0.3, -0.25) is 24.7 Å². The van der Waals surface area contributed by atoms with Gasteiger partial charge < -0.3 is 4.74 Å². The lowest BCUT2D eigenvalue weighted by Gasteiger charge is -2.20. The molecule has 0 fully saturated rings. The van der Waals surface area contributed by atoms with Crippen molar-refractivity contribution in [3.63, 3.8) is 0 Å². The number of ether oxygens (including phenoxy) is 1. The summed E-state index contributed by atoms with van der Waals surface area (Å²) in [6, 6.07) is 17.4. The van der Waals surface area contributed by atoms with E-state index in [0.29, 0.717) is 23.7 Å². The first-order valence-electron chi connectivity index (χ1n) is 9.96. The van der Waals surface area contributed by atoms with Crippen molar-refractivity contribution < 1.29 is 22.7 Å². The molecule has 170 valence electrons. The SMILES string of the molecule is COc1ccc(S(=O)(=O)N2CCc3ccccc32)cc1C(=O)NNC(=O)c1ccc(Cl)cc1. The van der Waals surface area contributed by atoms with Gasteiger partial charge in [0.15, 0.2) is 0 Å². The average Bonchev–Trinajstić information content (AvgIpc) is 3.27. The Balaban J connectivity index is 1.57. The number of rotatable bonds is 5. The lowest BCUT2D eigenvalue weighted by Crippen LogP contribution is -2.41. The summed E-state index contributed by atoms with van der Waals surface area (Å²) in [5.74, 6) is -1.13. The number of benzene rings is 3. The Morgan fingerprint density at radius 3 is 2.39 bits per heavy atom. The van der Waals surface area contributed by atoms with Gasteiger partial charge in [0.2, 0.25) is 0 Å². The molecule has 33 heavy (non-hydrogen) atoms. The minimum atomic E-state index is -3.91. The number of para-hydroxylation sites is 1. The van der Waals surface area contributed by atoms with Crippen LogP contribution in [0.4, 0.5) is 5.69 Å². The fraction of sp³-hybridized carbons (Fsp3) is 0.130. The number of hydrogen-bond acceptors (Lipinski definition) is 5. The monoisotopic (exact) mass is 485 g/mol. The second-order valence-corrected chi connectivity index (χ2v) is 9.53. The molecule has 1 aliphatic heterocycles. The molecule has 2 amide bonds. The summed E-state index contributed by atoms with van der Waals surface area (Å²) in [5, 5.41) is 0.471. The van der Waals surface area contributed by atoms with Crippen LogP contribution >= 0.6 is 11.6 Å². The Kier molecular flexibility index (Phi) is 6.26. The maximum Gasteiger partial charge on any atom is 0.273 e. The third-order valence-corrected chi connectivity index (χ3v) is 7.31. The van der Waals surface area contributed by atoms with E-state index in [0.717, 1.165) is 5.56 Å². The molecule has 0 aromatic heterocycles. The van der Waals surface area contributed by atoms with Crippen molar-refractivity contribution in [2.75, 3.05) is 18.0 Å². The van der Waals surface area contributed by atoms with Gasteiger partial charge in [-0.1, -0.05) is 29.8 Å². The Bertz CT molecular complexity index is 1330. The standard InChI is InChI=1S/C23H20ClN3O5S/c1-32-21-11-10-18(33(30,31)27-13-12-15-4-2-3-5-20(15)27)14-19(21)23(29)26-25-22(28)16-6-8-17(24)9-7-16/h2-11,14H,12-13H2,1H3,(H,25,28)(H,26,29). The number of fused-ring (bicyclic) bond motifs is 1. The molecule has 3 aromatic rings.